The molecule has 12 nitrogen and oxygen atoms in total. The molecule has 2 heterocycles. The molecule has 1 saturated carbocycles. The van der Waals surface area contributed by atoms with Gasteiger partial charge in [-0.3, -0.25) is 10.1 Å². The summed E-state index contributed by atoms with van der Waals surface area (Å²) in [5, 5.41) is 36.1. The zero-order chi connectivity index (χ0) is 22.1. The van der Waals surface area contributed by atoms with E-state index in [0.29, 0.717) is 11.3 Å². The number of rotatable bonds is 5. The van der Waals surface area contributed by atoms with Crippen molar-refractivity contribution in [3.05, 3.63) is 39.1 Å². The average molecular weight is 430 g/mol. The first kappa shape index (κ1) is 20.6. The first-order valence-electron chi connectivity index (χ1n) is 9.92. The van der Waals surface area contributed by atoms with Crippen LogP contribution in [0.25, 0.3) is 0 Å². The summed E-state index contributed by atoms with van der Waals surface area (Å²) in [4.78, 5) is 24.0. The van der Waals surface area contributed by atoms with E-state index in [1.807, 2.05) is 0 Å². The number of phenols is 1. The number of carbonyl (C=O) groups excluding carboxylic acids is 1. The number of benzene rings is 1. The van der Waals surface area contributed by atoms with Gasteiger partial charge in [-0.25, -0.2) is 4.79 Å². The van der Waals surface area contributed by atoms with E-state index < -0.39 is 28.4 Å². The molecule has 1 aliphatic heterocycles. The van der Waals surface area contributed by atoms with Crippen LogP contribution in [-0.4, -0.2) is 49.4 Å². The number of hydrogen-bond donors (Lipinski definition) is 2. The Hall–Kier alpha value is -3.70. The van der Waals surface area contributed by atoms with E-state index in [2.05, 4.69) is 20.8 Å². The number of phenolic OH excluding ortho intramolecular Hbond substituents is 1. The second kappa shape index (κ2) is 8.20. The number of methoxy groups -OCH3 is 1. The number of aromatic nitrogens is 4. The van der Waals surface area contributed by atoms with Crippen LogP contribution in [0.1, 0.15) is 50.6 Å². The smallest absolute Gasteiger partial charge is 0.338 e. The van der Waals surface area contributed by atoms with Crippen molar-refractivity contribution in [3.8, 4) is 11.5 Å². The van der Waals surface area contributed by atoms with Gasteiger partial charge in [-0.05, 0) is 54.7 Å². The van der Waals surface area contributed by atoms with Crippen LogP contribution in [0.5, 0.6) is 11.5 Å². The van der Waals surface area contributed by atoms with Crippen molar-refractivity contribution in [1.29, 1.82) is 0 Å². The van der Waals surface area contributed by atoms with E-state index >= 15 is 0 Å². The second-order valence-corrected chi connectivity index (χ2v) is 7.53. The largest absolute Gasteiger partial charge is 0.500 e. The van der Waals surface area contributed by atoms with Crippen molar-refractivity contribution < 1.29 is 24.3 Å². The minimum absolute atomic E-state index is 0.102. The van der Waals surface area contributed by atoms with Crippen molar-refractivity contribution in [2.45, 2.75) is 51.2 Å². The molecule has 1 aromatic heterocycles. The number of nitro groups is 1. The number of nitro benzene ring substituents is 1. The number of tetrazole rings is 1. The van der Waals surface area contributed by atoms with Crippen LogP contribution in [-0.2, 0) is 9.53 Å². The molecule has 0 bridgehead atoms. The molecule has 0 saturated heterocycles. The SMILES string of the molecule is COc1cc(C2C(C(=O)OC3CCCCC3)=C(C)Nc3nnnn32)cc([N+](=O)[O-])c1O. The Morgan fingerprint density at radius 3 is 2.74 bits per heavy atom. The quantitative estimate of drug-likeness (QED) is 0.410. The molecule has 164 valence electrons. The van der Waals surface area contributed by atoms with Crippen LogP contribution in [0.3, 0.4) is 0 Å². The maximum absolute atomic E-state index is 13.2. The molecule has 1 aromatic carbocycles. The number of fused-ring (bicyclic) bond motifs is 1. The van der Waals surface area contributed by atoms with Gasteiger partial charge in [0, 0.05) is 11.8 Å². The standard InChI is InChI=1S/C19H22N6O6/c1-10-15(18(27)31-12-6-4-3-5-7-12)16(24-19(20-10)21-22-23-24)11-8-13(25(28)29)17(26)14(9-11)30-2/h8-9,12,16,26H,3-7H2,1-2H3,(H,20,21,23). The Bertz CT molecular complexity index is 1060. The highest BCUT2D eigenvalue weighted by atomic mass is 16.6. The van der Waals surface area contributed by atoms with Gasteiger partial charge in [0.15, 0.2) is 5.75 Å². The zero-order valence-corrected chi connectivity index (χ0v) is 17.1. The third kappa shape index (κ3) is 3.76. The Morgan fingerprint density at radius 2 is 2.06 bits per heavy atom. The lowest BCUT2D eigenvalue weighted by Crippen LogP contribution is -2.32. The van der Waals surface area contributed by atoms with Gasteiger partial charge in [0.1, 0.15) is 12.1 Å². The molecule has 2 N–H and O–H groups in total. The highest BCUT2D eigenvalue weighted by molar-refractivity contribution is 5.92. The van der Waals surface area contributed by atoms with Crippen molar-refractivity contribution in [1.82, 2.24) is 20.2 Å². The molecular weight excluding hydrogens is 408 g/mol. The highest BCUT2D eigenvalue weighted by Gasteiger charge is 2.37. The lowest BCUT2D eigenvalue weighted by atomic mass is 9.94. The summed E-state index contributed by atoms with van der Waals surface area (Å²) < 4.78 is 12.2. The first-order valence-corrected chi connectivity index (χ1v) is 9.92. The minimum atomic E-state index is -0.907. The fourth-order valence-electron chi connectivity index (χ4n) is 4.05. The van der Waals surface area contributed by atoms with Crippen LogP contribution in [0.2, 0.25) is 0 Å². The van der Waals surface area contributed by atoms with Gasteiger partial charge in [0.25, 0.3) is 0 Å². The van der Waals surface area contributed by atoms with Crippen LogP contribution in [0, 0.1) is 10.1 Å². The van der Waals surface area contributed by atoms with Crippen molar-refractivity contribution in [2.24, 2.45) is 0 Å². The Balaban J connectivity index is 1.80. The third-order valence-corrected chi connectivity index (χ3v) is 5.57. The van der Waals surface area contributed by atoms with Gasteiger partial charge in [-0.2, -0.15) is 4.68 Å². The van der Waals surface area contributed by atoms with Gasteiger partial charge in [0.05, 0.1) is 17.6 Å². The lowest BCUT2D eigenvalue weighted by Gasteiger charge is -2.29. The van der Waals surface area contributed by atoms with Crippen LogP contribution in [0.15, 0.2) is 23.4 Å². The zero-order valence-electron chi connectivity index (χ0n) is 17.1. The number of hydrogen-bond acceptors (Lipinski definition) is 10. The molecule has 2 aliphatic rings. The summed E-state index contributed by atoms with van der Waals surface area (Å²) in [6.45, 7) is 1.69. The van der Waals surface area contributed by atoms with E-state index in [0.717, 1.165) is 32.1 Å². The highest BCUT2D eigenvalue weighted by Crippen LogP contribution is 2.43. The van der Waals surface area contributed by atoms with Gasteiger partial charge in [-0.1, -0.05) is 11.5 Å². The number of esters is 1. The summed E-state index contributed by atoms with van der Waals surface area (Å²) in [7, 11) is 1.28. The fourth-order valence-corrected chi connectivity index (χ4v) is 4.05. The molecular formula is C19H22N6O6. The molecule has 1 fully saturated rings. The molecule has 0 spiro atoms. The molecule has 1 unspecified atom stereocenters. The maximum Gasteiger partial charge on any atom is 0.338 e. The predicted molar refractivity (Wildman–Crippen MR) is 107 cm³/mol. The second-order valence-electron chi connectivity index (χ2n) is 7.53. The first-order chi connectivity index (χ1) is 14.9. The predicted octanol–water partition coefficient (Wildman–Crippen LogP) is 2.46. The average Bonchev–Trinajstić information content (AvgIpc) is 3.21. The fraction of sp³-hybridized carbons (Fsp3) is 0.474. The molecule has 31 heavy (non-hydrogen) atoms. The molecule has 4 rings (SSSR count). The van der Waals surface area contributed by atoms with E-state index in [9.17, 15) is 20.0 Å². The Morgan fingerprint density at radius 1 is 1.32 bits per heavy atom. The van der Waals surface area contributed by atoms with E-state index in [1.165, 1.54) is 23.9 Å². The number of carbonyl (C=O) groups is 1. The molecule has 0 radical (unpaired) electrons. The third-order valence-electron chi connectivity index (χ3n) is 5.57. The van der Waals surface area contributed by atoms with Crippen molar-refractivity contribution in [3.63, 3.8) is 0 Å². The van der Waals surface area contributed by atoms with Crippen molar-refractivity contribution >= 4 is 17.6 Å². The van der Waals surface area contributed by atoms with E-state index in [4.69, 9.17) is 9.47 Å². The van der Waals surface area contributed by atoms with E-state index in [-0.39, 0.29) is 23.4 Å². The molecule has 1 atom stereocenters. The monoisotopic (exact) mass is 430 g/mol. The van der Waals surface area contributed by atoms with Gasteiger partial charge < -0.3 is 19.9 Å². The summed E-state index contributed by atoms with van der Waals surface area (Å²) in [6.07, 6.45) is 4.52. The molecule has 2 aromatic rings. The number of nitrogens with one attached hydrogen (secondary N) is 1. The number of aromatic hydroxyl groups is 1. The Labute approximate surface area is 177 Å². The lowest BCUT2D eigenvalue weighted by molar-refractivity contribution is -0.386. The molecule has 1 aliphatic carbocycles. The van der Waals surface area contributed by atoms with E-state index in [1.54, 1.807) is 6.92 Å². The minimum Gasteiger partial charge on any atom is -0.500 e. The number of nitrogens with zero attached hydrogens (tertiary/aromatic N) is 5. The summed E-state index contributed by atoms with van der Waals surface area (Å²) in [5.41, 5.74) is 0.446. The normalized spacial score (nSPS) is 18.8. The van der Waals surface area contributed by atoms with Crippen LogP contribution in [0.4, 0.5) is 11.6 Å². The van der Waals surface area contributed by atoms with Crippen molar-refractivity contribution in [2.75, 3.05) is 12.4 Å². The summed E-state index contributed by atoms with van der Waals surface area (Å²) in [6, 6.07) is 1.70. The number of ether oxygens (including phenoxy) is 2. The summed E-state index contributed by atoms with van der Waals surface area (Å²) >= 11 is 0. The van der Waals surface area contributed by atoms with Crippen LogP contribution >= 0.6 is 0 Å². The maximum atomic E-state index is 13.2. The van der Waals surface area contributed by atoms with Gasteiger partial charge in [-0.15, -0.1) is 0 Å². The topological polar surface area (TPSA) is 155 Å². The molecule has 0 amide bonds. The van der Waals surface area contributed by atoms with Gasteiger partial charge >= 0.3 is 11.7 Å². The Kier molecular flexibility index (Phi) is 5.44. The summed E-state index contributed by atoms with van der Waals surface area (Å²) in [5.74, 6) is -0.978. The number of anilines is 1. The van der Waals surface area contributed by atoms with Crippen LogP contribution < -0.4 is 10.1 Å². The molecule has 12 heteroatoms. The number of allylic oxidation sites excluding steroid dienone is 1. The van der Waals surface area contributed by atoms with Gasteiger partial charge in [0.2, 0.25) is 11.7 Å².